The Bertz CT molecular complexity index is 665. The third-order valence-electron chi connectivity index (χ3n) is 5.08. The topological polar surface area (TPSA) is 94.1 Å². The fraction of sp³-hybridized carbons (Fsp3) is 0.500. The molecule has 2 aliphatic rings. The van der Waals surface area contributed by atoms with E-state index in [-0.39, 0.29) is 36.1 Å². The van der Waals surface area contributed by atoms with Crippen LogP contribution in [0.3, 0.4) is 0 Å². The van der Waals surface area contributed by atoms with Gasteiger partial charge in [-0.25, -0.2) is 4.90 Å². The van der Waals surface area contributed by atoms with Gasteiger partial charge in [0.05, 0.1) is 31.8 Å². The third-order valence-corrected chi connectivity index (χ3v) is 5.08. The zero-order valence-electron chi connectivity index (χ0n) is 14.4. The van der Waals surface area contributed by atoms with Crippen molar-refractivity contribution in [2.45, 2.75) is 32.2 Å². The summed E-state index contributed by atoms with van der Waals surface area (Å²) in [5.41, 5.74) is 5.94. The van der Waals surface area contributed by atoms with Crippen molar-refractivity contribution in [3.8, 4) is 5.75 Å². The summed E-state index contributed by atoms with van der Waals surface area (Å²) in [6.07, 6.45) is 1.56. The fourth-order valence-corrected chi connectivity index (χ4v) is 3.70. The monoisotopic (exact) mass is 346 g/mol. The Morgan fingerprint density at radius 1 is 1.24 bits per heavy atom. The van der Waals surface area contributed by atoms with E-state index in [0.717, 1.165) is 4.90 Å². The maximum Gasteiger partial charge on any atom is 0.292 e. The number of benzene rings is 1. The number of hydrogen-bond donors (Lipinski definition) is 2. The number of imide groups is 1. The van der Waals surface area contributed by atoms with Crippen LogP contribution < -0.4 is 20.3 Å². The molecule has 134 valence electrons. The number of primary amides is 1. The van der Waals surface area contributed by atoms with E-state index in [0.29, 0.717) is 44.0 Å². The minimum Gasteiger partial charge on any atom is -0.494 e. The van der Waals surface area contributed by atoms with E-state index in [4.69, 9.17) is 10.5 Å². The fourth-order valence-electron chi connectivity index (χ4n) is 3.70. The summed E-state index contributed by atoms with van der Waals surface area (Å²) < 4.78 is 5.39. The van der Waals surface area contributed by atoms with Gasteiger partial charge in [-0.05, 0) is 31.2 Å². The molecule has 1 aromatic rings. The Hall–Kier alpha value is -2.41. The second-order valence-electron chi connectivity index (χ2n) is 6.59. The number of rotatable bonds is 5. The molecule has 1 aromatic carbocycles. The molecule has 0 saturated carbocycles. The predicted octanol–water partition coefficient (Wildman–Crippen LogP) is -0.503. The lowest BCUT2D eigenvalue weighted by atomic mass is 9.95. The van der Waals surface area contributed by atoms with E-state index in [1.807, 2.05) is 6.92 Å². The lowest BCUT2D eigenvalue weighted by Gasteiger charge is -2.30. The average molecular weight is 346 g/mol. The second-order valence-corrected chi connectivity index (χ2v) is 6.59. The summed E-state index contributed by atoms with van der Waals surface area (Å²) in [5.74, 6) is -0.0199. The van der Waals surface area contributed by atoms with Crippen molar-refractivity contribution in [2.24, 2.45) is 11.7 Å². The van der Waals surface area contributed by atoms with Gasteiger partial charge in [-0.2, -0.15) is 0 Å². The van der Waals surface area contributed by atoms with Gasteiger partial charge >= 0.3 is 0 Å². The largest absolute Gasteiger partial charge is 0.494 e. The number of anilines is 1. The number of amides is 3. The first-order chi connectivity index (χ1) is 12.0. The number of piperidine rings is 1. The highest BCUT2D eigenvalue weighted by Gasteiger charge is 2.46. The minimum atomic E-state index is -0.368. The molecule has 2 heterocycles. The van der Waals surface area contributed by atoms with Gasteiger partial charge in [-0.15, -0.1) is 0 Å². The van der Waals surface area contributed by atoms with Crippen LogP contribution in [0.1, 0.15) is 26.2 Å². The Labute approximate surface area is 146 Å². The van der Waals surface area contributed by atoms with E-state index in [9.17, 15) is 14.4 Å². The number of likely N-dealkylation sites (tertiary alicyclic amines) is 1. The molecule has 0 unspecified atom stereocenters. The van der Waals surface area contributed by atoms with Gasteiger partial charge in [0.25, 0.3) is 5.91 Å². The molecule has 3 N–H and O–H groups in total. The van der Waals surface area contributed by atoms with Crippen LogP contribution in [0.25, 0.3) is 0 Å². The molecular weight excluding hydrogens is 322 g/mol. The number of carbonyl (C=O) groups is 3. The highest BCUT2D eigenvalue weighted by molar-refractivity contribution is 6.21. The number of quaternary nitrogens is 1. The van der Waals surface area contributed by atoms with Gasteiger partial charge in [-0.3, -0.25) is 14.4 Å². The number of nitrogens with two attached hydrogens (primary N) is 1. The molecule has 7 nitrogen and oxygen atoms in total. The van der Waals surface area contributed by atoms with E-state index in [1.54, 1.807) is 24.3 Å². The van der Waals surface area contributed by atoms with Crippen LogP contribution in [0.2, 0.25) is 0 Å². The van der Waals surface area contributed by atoms with Crippen molar-refractivity contribution in [1.82, 2.24) is 0 Å². The van der Waals surface area contributed by atoms with Gasteiger partial charge in [-0.1, -0.05) is 0 Å². The lowest BCUT2D eigenvalue weighted by molar-refractivity contribution is -0.920. The predicted molar refractivity (Wildman–Crippen MR) is 91.1 cm³/mol. The first-order valence-electron chi connectivity index (χ1n) is 8.74. The summed E-state index contributed by atoms with van der Waals surface area (Å²) in [4.78, 5) is 38.8. The molecule has 0 spiro atoms. The first kappa shape index (κ1) is 17.4. The zero-order valence-corrected chi connectivity index (χ0v) is 14.4. The summed E-state index contributed by atoms with van der Waals surface area (Å²) in [5, 5.41) is 0. The van der Waals surface area contributed by atoms with Gasteiger partial charge in [0.1, 0.15) is 5.75 Å². The standard InChI is InChI=1S/C18H23N3O4/c1-2-25-14-5-3-13(4-6-14)21-16(22)11-15(18(21)24)20-9-7-12(8-10-20)17(19)23/h3-6,12,15H,2,7-11H2,1H3,(H2,19,23)/p+1/t15-/m0/s1. The quantitative estimate of drug-likeness (QED) is 0.703. The summed E-state index contributed by atoms with van der Waals surface area (Å²) in [6, 6.07) is 6.62. The maximum atomic E-state index is 12.8. The minimum absolute atomic E-state index is 0.113. The van der Waals surface area contributed by atoms with Crippen LogP contribution in [0.4, 0.5) is 5.69 Å². The molecule has 0 radical (unpaired) electrons. The molecule has 2 saturated heterocycles. The van der Waals surface area contributed by atoms with Gasteiger partial charge in [0, 0.05) is 18.8 Å². The zero-order chi connectivity index (χ0) is 18.0. The highest BCUT2D eigenvalue weighted by Crippen LogP contribution is 2.25. The first-order valence-corrected chi connectivity index (χ1v) is 8.74. The number of ether oxygens (including phenoxy) is 1. The van der Waals surface area contributed by atoms with Crippen molar-refractivity contribution in [2.75, 3.05) is 24.6 Å². The van der Waals surface area contributed by atoms with Crippen LogP contribution in [-0.4, -0.2) is 43.5 Å². The molecule has 3 rings (SSSR count). The van der Waals surface area contributed by atoms with Crippen LogP contribution in [0.5, 0.6) is 5.75 Å². The molecule has 2 aliphatic heterocycles. The van der Waals surface area contributed by atoms with E-state index in [1.165, 1.54) is 4.90 Å². The number of nitrogens with one attached hydrogen (secondary N) is 1. The summed E-state index contributed by atoms with van der Waals surface area (Å²) in [7, 11) is 0. The van der Waals surface area contributed by atoms with E-state index >= 15 is 0 Å². The number of nitrogens with zero attached hydrogens (tertiary/aromatic N) is 1. The summed E-state index contributed by atoms with van der Waals surface area (Å²) >= 11 is 0. The smallest absolute Gasteiger partial charge is 0.292 e. The van der Waals surface area contributed by atoms with Crippen molar-refractivity contribution in [3.63, 3.8) is 0 Å². The molecule has 25 heavy (non-hydrogen) atoms. The third kappa shape index (κ3) is 3.51. The Morgan fingerprint density at radius 3 is 2.44 bits per heavy atom. The molecule has 3 amide bonds. The van der Waals surface area contributed by atoms with Crippen molar-refractivity contribution >= 4 is 23.4 Å². The molecule has 2 fully saturated rings. The number of hydrogen-bond acceptors (Lipinski definition) is 4. The van der Waals surface area contributed by atoms with Gasteiger partial charge in [0.15, 0.2) is 6.04 Å². The lowest BCUT2D eigenvalue weighted by Crippen LogP contribution is -3.17. The van der Waals surface area contributed by atoms with Crippen LogP contribution in [0, 0.1) is 5.92 Å². The summed E-state index contributed by atoms with van der Waals surface area (Å²) in [6.45, 7) is 3.84. The van der Waals surface area contributed by atoms with E-state index in [2.05, 4.69) is 0 Å². The van der Waals surface area contributed by atoms with Crippen molar-refractivity contribution < 1.29 is 24.0 Å². The SMILES string of the molecule is CCOc1ccc(N2C(=O)C[C@H]([NH+]3CCC(C(N)=O)CC3)C2=O)cc1. The van der Waals surface area contributed by atoms with Gasteiger partial charge < -0.3 is 15.4 Å². The second kappa shape index (κ2) is 7.23. The molecule has 0 aromatic heterocycles. The van der Waals surface area contributed by atoms with E-state index < -0.39 is 0 Å². The highest BCUT2D eigenvalue weighted by atomic mass is 16.5. The Morgan fingerprint density at radius 2 is 1.88 bits per heavy atom. The van der Waals surface area contributed by atoms with Crippen LogP contribution >= 0.6 is 0 Å². The molecule has 0 aliphatic carbocycles. The van der Waals surface area contributed by atoms with Gasteiger partial charge in [0.2, 0.25) is 11.8 Å². The van der Waals surface area contributed by atoms with Crippen molar-refractivity contribution in [1.29, 1.82) is 0 Å². The molecule has 0 bridgehead atoms. The molecule has 7 heteroatoms. The normalized spacial score (nSPS) is 26.8. The molecular formula is C18H24N3O4+. The van der Waals surface area contributed by atoms with Crippen LogP contribution in [0.15, 0.2) is 24.3 Å². The van der Waals surface area contributed by atoms with Crippen LogP contribution in [-0.2, 0) is 14.4 Å². The maximum absolute atomic E-state index is 12.8. The van der Waals surface area contributed by atoms with Crippen molar-refractivity contribution in [3.05, 3.63) is 24.3 Å². The Balaban J connectivity index is 1.69. The molecule has 1 atom stereocenters. The Kier molecular flexibility index (Phi) is 5.03. The number of carbonyl (C=O) groups excluding carboxylic acids is 3. The average Bonchev–Trinajstić information content (AvgIpc) is 2.91.